The largest absolute Gasteiger partial charge is 0.392 e. The Morgan fingerprint density at radius 2 is 2.70 bits per heavy atom. The Morgan fingerprint density at radius 3 is 3.00 bits per heavy atom. The van der Waals surface area contributed by atoms with Gasteiger partial charge >= 0.3 is 0 Å². The summed E-state index contributed by atoms with van der Waals surface area (Å²) in [4.78, 5) is 15.0. The number of nitrogens with two attached hydrogens (primary N) is 1. The van der Waals surface area contributed by atoms with Crippen LogP contribution in [0.15, 0.2) is 5.16 Å². The van der Waals surface area contributed by atoms with Crippen molar-refractivity contribution in [3.05, 3.63) is 0 Å². The number of hydrogen-bond donors (Lipinski definition) is 2. The van der Waals surface area contributed by atoms with Crippen molar-refractivity contribution in [3.8, 4) is 0 Å². The first-order valence-corrected chi connectivity index (χ1v) is 2.87. The van der Waals surface area contributed by atoms with E-state index in [4.69, 9.17) is 10.8 Å². The van der Waals surface area contributed by atoms with Crippen molar-refractivity contribution < 1.29 is 14.7 Å². The van der Waals surface area contributed by atoms with Crippen molar-refractivity contribution in [3.63, 3.8) is 0 Å². The molecule has 1 aliphatic rings. The van der Waals surface area contributed by atoms with E-state index in [-0.39, 0.29) is 18.4 Å². The van der Waals surface area contributed by atoms with E-state index in [1.54, 1.807) is 0 Å². The van der Waals surface area contributed by atoms with Crippen LogP contribution in [0.2, 0.25) is 0 Å². The molecule has 0 saturated heterocycles. The lowest BCUT2D eigenvalue weighted by atomic mass is 10.2. The number of oxime groups is 1. The number of primary amides is 1. The van der Waals surface area contributed by atoms with E-state index in [1.165, 1.54) is 0 Å². The molecule has 1 amide bonds. The fourth-order valence-electron chi connectivity index (χ4n) is 0.672. The van der Waals surface area contributed by atoms with Crippen LogP contribution < -0.4 is 5.73 Å². The lowest BCUT2D eigenvalue weighted by molar-refractivity contribution is -0.112. The molecule has 3 N–H and O–H groups in total. The highest BCUT2D eigenvalue weighted by atomic mass is 16.6. The molecule has 0 aromatic heterocycles. The molecule has 0 radical (unpaired) electrons. The minimum atomic E-state index is -0.587. The zero-order valence-corrected chi connectivity index (χ0v) is 5.28. The van der Waals surface area contributed by atoms with Crippen molar-refractivity contribution in [2.24, 2.45) is 10.9 Å². The summed E-state index contributed by atoms with van der Waals surface area (Å²) in [6, 6.07) is 0. The summed E-state index contributed by atoms with van der Waals surface area (Å²) in [6.07, 6.45) is -0.0752. The lowest BCUT2D eigenvalue weighted by Gasteiger charge is -1.99. The Balaban J connectivity index is 2.47. The highest BCUT2D eigenvalue weighted by Crippen LogP contribution is 2.08. The predicted octanol–water partition coefficient (Wildman–Crippen LogP) is -1.39. The maximum atomic E-state index is 10.4. The maximum Gasteiger partial charge on any atom is 0.266 e. The summed E-state index contributed by atoms with van der Waals surface area (Å²) in [5.74, 6) is -0.587. The summed E-state index contributed by atoms with van der Waals surface area (Å²) in [5, 5.41) is 11.9. The van der Waals surface area contributed by atoms with Gasteiger partial charge in [0.2, 0.25) is 0 Å². The van der Waals surface area contributed by atoms with Crippen molar-refractivity contribution in [1.29, 1.82) is 0 Å². The van der Waals surface area contributed by atoms with E-state index in [9.17, 15) is 4.79 Å². The minimum Gasteiger partial charge on any atom is -0.392 e. The molecule has 10 heavy (non-hydrogen) atoms. The standard InChI is InChI=1S/C5H8N2O3/c6-5(9)4-1-3(2-8)10-7-4/h3,8H,1-2H2,(H2,6,9). The van der Waals surface area contributed by atoms with Crippen LogP contribution in [0.4, 0.5) is 0 Å². The van der Waals surface area contributed by atoms with Crippen LogP contribution >= 0.6 is 0 Å². The van der Waals surface area contributed by atoms with Crippen molar-refractivity contribution in [2.45, 2.75) is 12.5 Å². The average molecular weight is 144 g/mol. The summed E-state index contributed by atoms with van der Waals surface area (Å²) < 4.78 is 0. The molecule has 0 spiro atoms. The van der Waals surface area contributed by atoms with Crippen LogP contribution in [0.5, 0.6) is 0 Å². The Bertz CT molecular complexity index is 178. The van der Waals surface area contributed by atoms with E-state index in [1.807, 2.05) is 0 Å². The number of carbonyl (C=O) groups is 1. The number of amides is 1. The molecular formula is C5H8N2O3. The van der Waals surface area contributed by atoms with E-state index in [2.05, 4.69) is 9.99 Å². The Labute approximate surface area is 57.5 Å². The zero-order chi connectivity index (χ0) is 7.56. The molecule has 0 aromatic carbocycles. The molecule has 1 atom stereocenters. The number of nitrogens with zero attached hydrogens (tertiary/aromatic N) is 1. The molecule has 1 aliphatic heterocycles. The van der Waals surface area contributed by atoms with Gasteiger partial charge in [-0.2, -0.15) is 0 Å². The van der Waals surface area contributed by atoms with Crippen molar-refractivity contribution >= 4 is 11.6 Å². The molecule has 5 heteroatoms. The fraction of sp³-hybridized carbons (Fsp3) is 0.600. The fourth-order valence-corrected chi connectivity index (χ4v) is 0.672. The first kappa shape index (κ1) is 7.01. The van der Waals surface area contributed by atoms with Gasteiger partial charge in [0.05, 0.1) is 6.61 Å². The second kappa shape index (κ2) is 2.66. The summed E-state index contributed by atoms with van der Waals surface area (Å²) >= 11 is 0. The van der Waals surface area contributed by atoms with Crippen molar-refractivity contribution in [1.82, 2.24) is 0 Å². The van der Waals surface area contributed by atoms with Crippen LogP contribution in [0, 0.1) is 0 Å². The number of aliphatic hydroxyl groups excluding tert-OH is 1. The molecule has 0 bridgehead atoms. The predicted molar refractivity (Wildman–Crippen MR) is 33.2 cm³/mol. The van der Waals surface area contributed by atoms with Crippen molar-refractivity contribution in [2.75, 3.05) is 6.61 Å². The van der Waals surface area contributed by atoms with Gasteiger partial charge in [0.15, 0.2) is 6.10 Å². The van der Waals surface area contributed by atoms with E-state index in [0.29, 0.717) is 6.42 Å². The molecule has 56 valence electrons. The third-order valence-electron chi connectivity index (χ3n) is 1.22. The summed E-state index contributed by atoms with van der Waals surface area (Å²) in [6.45, 7) is -0.139. The average Bonchev–Trinajstić information content (AvgIpc) is 2.34. The summed E-state index contributed by atoms with van der Waals surface area (Å²) in [7, 11) is 0. The van der Waals surface area contributed by atoms with Gasteiger partial charge in [0.25, 0.3) is 5.91 Å². The first-order chi connectivity index (χ1) is 4.74. The maximum absolute atomic E-state index is 10.4. The van der Waals surface area contributed by atoms with Crippen LogP contribution in [-0.2, 0) is 9.63 Å². The Hall–Kier alpha value is -1.10. The molecular weight excluding hydrogens is 136 g/mol. The van der Waals surface area contributed by atoms with Gasteiger partial charge in [-0.1, -0.05) is 5.16 Å². The van der Waals surface area contributed by atoms with Crippen LogP contribution in [0.3, 0.4) is 0 Å². The van der Waals surface area contributed by atoms with E-state index in [0.717, 1.165) is 0 Å². The quantitative estimate of drug-likeness (QED) is 0.500. The third kappa shape index (κ3) is 1.24. The van der Waals surface area contributed by atoms with Crippen LogP contribution in [0.1, 0.15) is 6.42 Å². The van der Waals surface area contributed by atoms with Gasteiger partial charge in [-0.25, -0.2) is 0 Å². The SMILES string of the molecule is NC(=O)C1=NOC(CO)C1. The molecule has 0 saturated carbocycles. The highest BCUT2D eigenvalue weighted by molar-refractivity contribution is 6.38. The molecule has 1 unspecified atom stereocenters. The third-order valence-corrected chi connectivity index (χ3v) is 1.22. The van der Waals surface area contributed by atoms with Gasteiger partial charge in [0, 0.05) is 6.42 Å². The highest BCUT2D eigenvalue weighted by Gasteiger charge is 2.23. The van der Waals surface area contributed by atoms with Crippen LogP contribution in [-0.4, -0.2) is 29.4 Å². The van der Waals surface area contributed by atoms with Gasteiger partial charge in [-0.3, -0.25) is 4.79 Å². The number of hydrogen-bond acceptors (Lipinski definition) is 4. The van der Waals surface area contributed by atoms with Crippen LogP contribution in [0.25, 0.3) is 0 Å². The second-order valence-electron chi connectivity index (χ2n) is 2.02. The van der Waals surface area contributed by atoms with Gasteiger partial charge in [0.1, 0.15) is 5.71 Å². The molecule has 5 nitrogen and oxygen atoms in total. The van der Waals surface area contributed by atoms with Gasteiger partial charge in [-0.15, -0.1) is 0 Å². The zero-order valence-electron chi connectivity index (χ0n) is 5.28. The Kier molecular flexibility index (Phi) is 1.86. The normalized spacial score (nSPS) is 23.7. The first-order valence-electron chi connectivity index (χ1n) is 2.87. The van der Waals surface area contributed by atoms with E-state index < -0.39 is 5.91 Å². The molecule has 0 aromatic rings. The van der Waals surface area contributed by atoms with Gasteiger partial charge < -0.3 is 15.7 Å². The Morgan fingerprint density at radius 1 is 2.00 bits per heavy atom. The number of aliphatic hydroxyl groups is 1. The molecule has 1 heterocycles. The second-order valence-corrected chi connectivity index (χ2v) is 2.02. The minimum absolute atomic E-state index is 0.139. The molecule has 1 rings (SSSR count). The summed E-state index contributed by atoms with van der Waals surface area (Å²) in [5.41, 5.74) is 5.08. The lowest BCUT2D eigenvalue weighted by Crippen LogP contribution is -2.24. The topological polar surface area (TPSA) is 84.9 Å². The monoisotopic (exact) mass is 144 g/mol. The molecule has 0 aliphatic carbocycles. The van der Waals surface area contributed by atoms with E-state index >= 15 is 0 Å². The molecule has 0 fully saturated rings. The number of carbonyl (C=O) groups excluding carboxylic acids is 1. The van der Waals surface area contributed by atoms with Gasteiger partial charge in [-0.05, 0) is 0 Å². The smallest absolute Gasteiger partial charge is 0.266 e. The number of rotatable bonds is 2.